The molecular formula is C13H16ClN5O. The molecule has 2 N–H and O–H groups in total. The molecular weight excluding hydrogens is 278 g/mol. The maximum Gasteiger partial charge on any atom is 0.291 e. The Kier molecular flexibility index (Phi) is 3.94. The first kappa shape index (κ1) is 14.3. The van der Waals surface area contributed by atoms with Crippen LogP contribution in [0.3, 0.4) is 0 Å². The van der Waals surface area contributed by atoms with Gasteiger partial charge in [0.25, 0.3) is 5.91 Å². The fraction of sp³-hybridized carbons (Fsp3) is 0.308. The quantitative estimate of drug-likeness (QED) is 0.853. The molecule has 0 saturated heterocycles. The van der Waals surface area contributed by atoms with E-state index in [1.54, 1.807) is 35.1 Å². The molecule has 0 bridgehead atoms. The highest BCUT2D eigenvalue weighted by atomic mass is 35.5. The third kappa shape index (κ3) is 3.48. The fourth-order valence-corrected chi connectivity index (χ4v) is 1.55. The Morgan fingerprint density at radius 1 is 1.25 bits per heavy atom. The highest BCUT2D eigenvalue weighted by Gasteiger charge is 2.18. The van der Waals surface area contributed by atoms with Gasteiger partial charge >= 0.3 is 0 Å². The lowest BCUT2D eigenvalue weighted by atomic mass is 10.1. The summed E-state index contributed by atoms with van der Waals surface area (Å²) in [7, 11) is 0. The predicted molar refractivity (Wildman–Crippen MR) is 77.6 cm³/mol. The number of hydrogen-bond acceptors (Lipinski definition) is 4. The highest BCUT2D eigenvalue weighted by Crippen LogP contribution is 2.13. The number of carbonyl (C=O) groups is 1. The zero-order valence-corrected chi connectivity index (χ0v) is 12.3. The van der Waals surface area contributed by atoms with Crippen molar-refractivity contribution in [3.63, 3.8) is 0 Å². The van der Waals surface area contributed by atoms with Crippen LogP contribution in [0.25, 0.3) is 0 Å². The smallest absolute Gasteiger partial charge is 0.291 e. The molecule has 0 aliphatic heterocycles. The average molecular weight is 294 g/mol. The van der Waals surface area contributed by atoms with Crippen LogP contribution in [-0.4, -0.2) is 20.9 Å². The van der Waals surface area contributed by atoms with E-state index in [1.165, 1.54) is 0 Å². The van der Waals surface area contributed by atoms with E-state index in [1.807, 2.05) is 20.8 Å². The number of anilines is 1. The van der Waals surface area contributed by atoms with Gasteiger partial charge < -0.3 is 0 Å². The number of rotatable bonds is 3. The van der Waals surface area contributed by atoms with Crippen LogP contribution in [0.2, 0.25) is 5.02 Å². The summed E-state index contributed by atoms with van der Waals surface area (Å²) in [6.07, 6.45) is 1.61. The van der Waals surface area contributed by atoms with E-state index in [9.17, 15) is 4.79 Å². The van der Waals surface area contributed by atoms with E-state index >= 15 is 0 Å². The van der Waals surface area contributed by atoms with Crippen LogP contribution in [0, 0.1) is 0 Å². The third-order valence-electron chi connectivity index (χ3n) is 2.58. The van der Waals surface area contributed by atoms with Gasteiger partial charge in [0.05, 0.1) is 17.4 Å². The second-order valence-corrected chi connectivity index (χ2v) is 5.74. The van der Waals surface area contributed by atoms with Gasteiger partial charge in [-0.3, -0.25) is 15.6 Å². The van der Waals surface area contributed by atoms with Crippen LogP contribution in [-0.2, 0) is 5.54 Å². The van der Waals surface area contributed by atoms with Crippen molar-refractivity contribution >= 4 is 23.2 Å². The number of nitrogens with one attached hydrogen (secondary N) is 2. The van der Waals surface area contributed by atoms with Gasteiger partial charge in [0.15, 0.2) is 5.69 Å². The first-order valence-electron chi connectivity index (χ1n) is 6.11. The van der Waals surface area contributed by atoms with Gasteiger partial charge in [-0.05, 0) is 45.0 Å². The molecule has 0 fully saturated rings. The molecule has 2 rings (SSSR count). The summed E-state index contributed by atoms with van der Waals surface area (Å²) >= 11 is 5.78. The molecule has 1 heterocycles. The van der Waals surface area contributed by atoms with Crippen LogP contribution >= 0.6 is 11.6 Å². The maximum atomic E-state index is 11.9. The van der Waals surface area contributed by atoms with Crippen LogP contribution in [0.15, 0.2) is 30.5 Å². The van der Waals surface area contributed by atoms with E-state index in [4.69, 9.17) is 11.6 Å². The van der Waals surface area contributed by atoms with Crippen molar-refractivity contribution < 1.29 is 4.79 Å². The van der Waals surface area contributed by atoms with Gasteiger partial charge in [0.1, 0.15) is 0 Å². The second-order valence-electron chi connectivity index (χ2n) is 5.31. The third-order valence-corrected chi connectivity index (χ3v) is 2.83. The molecule has 0 radical (unpaired) electrons. The monoisotopic (exact) mass is 293 g/mol. The molecule has 0 saturated carbocycles. The average Bonchev–Trinajstić information content (AvgIpc) is 2.87. The molecule has 0 aliphatic carbocycles. The zero-order chi connectivity index (χ0) is 14.8. The molecule has 7 heteroatoms. The number of hydrogen-bond donors (Lipinski definition) is 2. The maximum absolute atomic E-state index is 11.9. The van der Waals surface area contributed by atoms with Crippen LogP contribution in [0.5, 0.6) is 0 Å². The van der Waals surface area contributed by atoms with Crippen LogP contribution in [0.1, 0.15) is 31.3 Å². The van der Waals surface area contributed by atoms with Crippen molar-refractivity contribution in [3.8, 4) is 0 Å². The summed E-state index contributed by atoms with van der Waals surface area (Å²) in [5.41, 5.74) is 6.10. The summed E-state index contributed by atoms with van der Waals surface area (Å²) < 4.78 is 1.64. The molecule has 1 amide bonds. The summed E-state index contributed by atoms with van der Waals surface area (Å²) in [5.74, 6) is -0.351. The van der Waals surface area contributed by atoms with Gasteiger partial charge in [0, 0.05) is 5.02 Å². The topological polar surface area (TPSA) is 71.8 Å². The number of amides is 1. The molecule has 0 unspecified atom stereocenters. The van der Waals surface area contributed by atoms with Gasteiger partial charge in [-0.25, -0.2) is 4.68 Å². The van der Waals surface area contributed by atoms with E-state index in [2.05, 4.69) is 21.2 Å². The number of halogens is 1. The highest BCUT2D eigenvalue weighted by molar-refractivity contribution is 6.30. The summed E-state index contributed by atoms with van der Waals surface area (Å²) in [6.45, 7) is 5.94. The minimum Gasteiger partial charge on any atom is -0.298 e. The minimum atomic E-state index is -0.351. The van der Waals surface area contributed by atoms with E-state index < -0.39 is 0 Å². The van der Waals surface area contributed by atoms with Gasteiger partial charge in [-0.2, -0.15) is 0 Å². The normalized spacial score (nSPS) is 11.2. The number of aromatic nitrogens is 3. The lowest BCUT2D eigenvalue weighted by Gasteiger charge is -2.17. The Balaban J connectivity index is 1.98. The van der Waals surface area contributed by atoms with E-state index in [0.717, 1.165) is 5.69 Å². The first-order chi connectivity index (χ1) is 9.36. The van der Waals surface area contributed by atoms with E-state index in [-0.39, 0.29) is 17.1 Å². The molecule has 0 aliphatic rings. The molecule has 0 spiro atoms. The summed E-state index contributed by atoms with van der Waals surface area (Å²) in [4.78, 5) is 11.9. The Bertz CT molecular complexity index is 600. The van der Waals surface area contributed by atoms with Crippen molar-refractivity contribution in [3.05, 3.63) is 41.2 Å². The van der Waals surface area contributed by atoms with Crippen LogP contribution in [0.4, 0.5) is 5.69 Å². The van der Waals surface area contributed by atoms with Gasteiger partial charge in [-0.1, -0.05) is 16.8 Å². The first-order valence-corrected chi connectivity index (χ1v) is 6.49. The molecule has 20 heavy (non-hydrogen) atoms. The lowest BCUT2D eigenvalue weighted by Crippen LogP contribution is -2.29. The molecule has 106 valence electrons. The molecule has 1 aromatic carbocycles. The van der Waals surface area contributed by atoms with Gasteiger partial charge in [-0.15, -0.1) is 5.10 Å². The predicted octanol–water partition coefficient (Wildman–Crippen LogP) is 2.44. The summed E-state index contributed by atoms with van der Waals surface area (Å²) in [6, 6.07) is 6.97. The number of benzene rings is 1. The Morgan fingerprint density at radius 3 is 2.45 bits per heavy atom. The van der Waals surface area contributed by atoms with Gasteiger partial charge in [0.2, 0.25) is 0 Å². The molecule has 2 aromatic rings. The van der Waals surface area contributed by atoms with Crippen molar-refractivity contribution in [2.75, 3.05) is 5.43 Å². The number of nitrogens with zero attached hydrogens (tertiary/aromatic N) is 3. The minimum absolute atomic E-state index is 0.213. The number of carbonyl (C=O) groups excluding carboxylic acids is 1. The second kappa shape index (κ2) is 5.50. The summed E-state index contributed by atoms with van der Waals surface area (Å²) in [5, 5.41) is 8.42. The Labute approximate surface area is 122 Å². The molecule has 0 atom stereocenters. The Morgan fingerprint density at radius 2 is 1.90 bits per heavy atom. The van der Waals surface area contributed by atoms with E-state index in [0.29, 0.717) is 5.02 Å². The zero-order valence-electron chi connectivity index (χ0n) is 11.5. The number of hydrazine groups is 1. The van der Waals surface area contributed by atoms with Crippen molar-refractivity contribution in [1.82, 2.24) is 20.4 Å². The largest absolute Gasteiger partial charge is 0.298 e. The van der Waals surface area contributed by atoms with Crippen molar-refractivity contribution in [1.29, 1.82) is 0 Å². The molecule has 6 nitrogen and oxygen atoms in total. The van der Waals surface area contributed by atoms with Crippen molar-refractivity contribution in [2.24, 2.45) is 0 Å². The standard InChI is InChI=1S/C13H16ClN5O/c1-13(2,3)19-8-11(16-18-19)12(20)17-15-10-6-4-9(14)5-7-10/h4-8,15H,1-3H3,(H,17,20). The lowest BCUT2D eigenvalue weighted by molar-refractivity contribution is 0.0957. The van der Waals surface area contributed by atoms with Crippen LogP contribution < -0.4 is 10.9 Å². The van der Waals surface area contributed by atoms with Crippen molar-refractivity contribution in [2.45, 2.75) is 26.3 Å². The Hall–Kier alpha value is -2.08. The fourth-order valence-electron chi connectivity index (χ4n) is 1.42. The SMILES string of the molecule is CC(C)(C)n1cc(C(=O)NNc2ccc(Cl)cc2)nn1. The molecule has 1 aromatic heterocycles.